The molecule has 0 bridgehead atoms. The van der Waals surface area contributed by atoms with Gasteiger partial charge in [-0.2, -0.15) is 24.5 Å². The van der Waals surface area contributed by atoms with Crippen LogP contribution in [0.2, 0.25) is 0 Å². The summed E-state index contributed by atoms with van der Waals surface area (Å²) in [5, 5.41) is 19.5. The molecular weight excluding hydrogens is 521 g/mol. The second-order valence-corrected chi connectivity index (χ2v) is 9.73. The molecule has 0 saturated carbocycles. The lowest BCUT2D eigenvalue weighted by molar-refractivity contribution is 0.259. The molecule has 11 heteroatoms. The number of urea groups is 1. The first kappa shape index (κ1) is 27.1. The number of nitrogens with two attached hydrogens (primary N) is 1. The van der Waals surface area contributed by atoms with Gasteiger partial charge in [-0.25, -0.2) is 4.79 Å². The Labute approximate surface area is 236 Å². The normalized spacial score (nSPS) is 11.1. The van der Waals surface area contributed by atoms with Crippen molar-refractivity contribution in [3.8, 4) is 0 Å². The van der Waals surface area contributed by atoms with E-state index in [4.69, 9.17) is 5.73 Å². The molecule has 4 aromatic carbocycles. The van der Waals surface area contributed by atoms with Gasteiger partial charge in [-0.05, 0) is 92.1 Å². The van der Waals surface area contributed by atoms with E-state index in [1.165, 1.54) is 5.56 Å². The van der Waals surface area contributed by atoms with Crippen LogP contribution in [0.15, 0.2) is 77.0 Å². The molecular formula is C30H28FN9O. The molecule has 41 heavy (non-hydrogen) atoms. The smallest absolute Gasteiger partial charge is 0.316 e. The van der Waals surface area contributed by atoms with Crippen molar-refractivity contribution >= 4 is 57.1 Å². The van der Waals surface area contributed by atoms with Gasteiger partial charge >= 0.3 is 12.1 Å². The Hall–Kier alpha value is -5.45. The average Bonchev–Trinajstić information content (AvgIpc) is 2.89. The van der Waals surface area contributed by atoms with Crippen LogP contribution in [-0.2, 0) is 0 Å². The van der Waals surface area contributed by atoms with Gasteiger partial charge in [-0.3, -0.25) is 0 Å². The third kappa shape index (κ3) is 6.59. The molecule has 0 fully saturated rings. The zero-order chi connectivity index (χ0) is 29.1. The first-order valence-corrected chi connectivity index (χ1v) is 12.8. The van der Waals surface area contributed by atoms with E-state index in [0.29, 0.717) is 28.4 Å². The summed E-state index contributed by atoms with van der Waals surface area (Å²) >= 11 is 0. The number of aromatic nitrogens is 3. The number of primary amides is 1. The highest BCUT2D eigenvalue weighted by Gasteiger charge is 2.11. The lowest BCUT2D eigenvalue weighted by atomic mass is 9.99. The zero-order valence-corrected chi connectivity index (χ0v) is 23.0. The summed E-state index contributed by atoms with van der Waals surface area (Å²) in [6.45, 7) is 8.07. The number of amides is 2. The lowest BCUT2D eigenvalue weighted by Crippen LogP contribution is -2.19. The van der Waals surface area contributed by atoms with Gasteiger partial charge in [0.25, 0.3) is 0 Å². The molecule has 10 nitrogen and oxygen atoms in total. The van der Waals surface area contributed by atoms with Crippen LogP contribution in [0.25, 0.3) is 10.8 Å². The second kappa shape index (κ2) is 11.3. The minimum absolute atomic E-state index is 0.0286. The predicted molar refractivity (Wildman–Crippen MR) is 160 cm³/mol. The lowest BCUT2D eigenvalue weighted by Gasteiger charge is -2.11. The molecule has 5 rings (SSSR count). The summed E-state index contributed by atoms with van der Waals surface area (Å²) < 4.78 is 14.2. The first-order valence-electron chi connectivity index (χ1n) is 12.8. The number of fused-ring (bicyclic) bond motifs is 1. The van der Waals surface area contributed by atoms with Gasteiger partial charge in [0.15, 0.2) is 0 Å². The predicted octanol–water partition coefficient (Wildman–Crippen LogP) is 7.79. The topological polar surface area (TPSA) is 143 Å². The van der Waals surface area contributed by atoms with E-state index < -0.39 is 12.1 Å². The molecule has 206 valence electrons. The van der Waals surface area contributed by atoms with Crippen LogP contribution in [0.1, 0.15) is 22.3 Å². The number of rotatable bonds is 7. The maximum atomic E-state index is 14.2. The van der Waals surface area contributed by atoms with Crippen molar-refractivity contribution in [3.63, 3.8) is 0 Å². The Kier molecular flexibility index (Phi) is 7.51. The molecule has 0 unspecified atom stereocenters. The first-order chi connectivity index (χ1) is 19.6. The highest BCUT2D eigenvalue weighted by atomic mass is 19.1. The zero-order valence-electron chi connectivity index (χ0n) is 23.0. The number of benzene rings is 4. The largest absolute Gasteiger partial charge is 0.351 e. The number of azo groups is 1. The summed E-state index contributed by atoms with van der Waals surface area (Å²) in [6.07, 6.45) is -0.964. The molecule has 1 heterocycles. The number of nitrogens with one attached hydrogen (secondary N) is 3. The van der Waals surface area contributed by atoms with E-state index in [-0.39, 0.29) is 11.9 Å². The molecule has 0 radical (unpaired) electrons. The van der Waals surface area contributed by atoms with Gasteiger partial charge in [0.05, 0.1) is 11.4 Å². The molecule has 0 atom stereocenters. The van der Waals surface area contributed by atoms with Crippen LogP contribution in [0, 0.1) is 33.8 Å². The third-order valence-corrected chi connectivity index (χ3v) is 6.31. The second-order valence-electron chi connectivity index (χ2n) is 9.73. The van der Waals surface area contributed by atoms with E-state index in [0.717, 1.165) is 27.5 Å². The average molecular weight is 550 g/mol. The number of nitrogens with zero attached hydrogens (tertiary/aromatic N) is 5. The van der Waals surface area contributed by atoms with E-state index in [1.807, 2.05) is 44.2 Å². The van der Waals surface area contributed by atoms with Crippen molar-refractivity contribution in [2.24, 2.45) is 16.0 Å². The van der Waals surface area contributed by atoms with Gasteiger partial charge < -0.3 is 21.7 Å². The van der Waals surface area contributed by atoms with Crippen LogP contribution in [0.5, 0.6) is 0 Å². The fourth-order valence-electron chi connectivity index (χ4n) is 4.39. The van der Waals surface area contributed by atoms with Crippen molar-refractivity contribution in [3.05, 3.63) is 95.1 Å². The number of halogens is 1. The van der Waals surface area contributed by atoms with E-state index in [1.54, 1.807) is 18.2 Å². The molecule has 0 aliphatic heterocycles. The molecule has 0 spiro atoms. The Morgan fingerprint density at radius 2 is 1.39 bits per heavy atom. The fourth-order valence-corrected chi connectivity index (χ4v) is 4.39. The monoisotopic (exact) mass is 549 g/mol. The maximum absolute atomic E-state index is 14.2. The van der Waals surface area contributed by atoms with Gasteiger partial charge in [0.1, 0.15) is 5.69 Å². The highest BCUT2D eigenvalue weighted by Crippen LogP contribution is 2.34. The van der Waals surface area contributed by atoms with Crippen molar-refractivity contribution in [1.29, 1.82) is 0 Å². The SMILES string of the molecule is Cc1ccc(Nc2nc(F)nc(Nc3ccc(N=Nc4cc5c(C)cc(C)cc5cc4C)c(NC(N)=O)c3)n2)cc1. The van der Waals surface area contributed by atoms with Gasteiger partial charge in [0.2, 0.25) is 11.9 Å². The number of aryl methyl sites for hydroxylation is 4. The van der Waals surface area contributed by atoms with Crippen LogP contribution >= 0.6 is 0 Å². The fraction of sp³-hybridized carbons (Fsp3) is 0.133. The Morgan fingerprint density at radius 3 is 2.10 bits per heavy atom. The van der Waals surface area contributed by atoms with Gasteiger partial charge in [-0.1, -0.05) is 35.4 Å². The van der Waals surface area contributed by atoms with Crippen LogP contribution in [0.4, 0.5) is 49.5 Å². The van der Waals surface area contributed by atoms with Crippen molar-refractivity contribution in [2.45, 2.75) is 27.7 Å². The molecule has 0 saturated heterocycles. The van der Waals surface area contributed by atoms with Crippen LogP contribution in [-0.4, -0.2) is 21.0 Å². The molecule has 0 aliphatic carbocycles. The number of carbonyl (C=O) groups is 1. The minimum atomic E-state index is -0.964. The van der Waals surface area contributed by atoms with E-state index in [9.17, 15) is 9.18 Å². The Bertz CT molecular complexity index is 1800. The number of carbonyl (C=O) groups excluding carboxylic acids is 1. The van der Waals surface area contributed by atoms with Gasteiger partial charge in [-0.15, -0.1) is 5.11 Å². The Balaban J connectivity index is 1.41. The van der Waals surface area contributed by atoms with Crippen LogP contribution in [0.3, 0.4) is 0 Å². The van der Waals surface area contributed by atoms with E-state index >= 15 is 0 Å². The molecule has 5 N–H and O–H groups in total. The maximum Gasteiger partial charge on any atom is 0.316 e. The number of hydrogen-bond acceptors (Lipinski definition) is 8. The third-order valence-electron chi connectivity index (χ3n) is 6.31. The summed E-state index contributed by atoms with van der Waals surface area (Å²) in [4.78, 5) is 23.4. The molecule has 5 aromatic rings. The quantitative estimate of drug-likeness (QED) is 0.153. The minimum Gasteiger partial charge on any atom is -0.351 e. The molecule has 2 amide bonds. The molecule has 1 aromatic heterocycles. The van der Waals surface area contributed by atoms with Crippen molar-refractivity contribution < 1.29 is 9.18 Å². The van der Waals surface area contributed by atoms with E-state index in [2.05, 4.69) is 73.2 Å². The van der Waals surface area contributed by atoms with Gasteiger partial charge in [0, 0.05) is 11.4 Å². The summed E-state index contributed by atoms with van der Waals surface area (Å²) in [6, 6.07) is 19.9. The van der Waals surface area contributed by atoms with Crippen molar-refractivity contribution in [1.82, 2.24) is 15.0 Å². The highest BCUT2D eigenvalue weighted by molar-refractivity contribution is 5.93. The Morgan fingerprint density at radius 1 is 0.732 bits per heavy atom. The standard InChI is InChI=1S/C30H28FN9O/c1-16-5-7-21(8-6-16)33-29-36-27(31)37-30(38-29)34-22-9-10-24(26(14-22)35-28(32)41)39-40-25-15-23-18(3)11-17(2)12-20(23)13-19(25)4/h5-15H,1-4H3,(H3,32,35,41)(H2,33,34,36,37,38). The van der Waals surface area contributed by atoms with Crippen molar-refractivity contribution in [2.75, 3.05) is 16.0 Å². The summed E-state index contributed by atoms with van der Waals surface area (Å²) in [7, 11) is 0. The summed E-state index contributed by atoms with van der Waals surface area (Å²) in [5.41, 5.74) is 12.3. The molecule has 0 aliphatic rings. The van der Waals surface area contributed by atoms with Crippen LogP contribution < -0.4 is 21.7 Å². The summed E-state index contributed by atoms with van der Waals surface area (Å²) in [5.74, 6) is -0.00943. The number of anilines is 5. The number of hydrogen-bond donors (Lipinski definition) is 4.